The molecule has 1 amide bonds. The summed E-state index contributed by atoms with van der Waals surface area (Å²) in [6.45, 7) is 5.42. The molecule has 0 spiro atoms. The van der Waals surface area contributed by atoms with Gasteiger partial charge in [0.1, 0.15) is 5.69 Å². The lowest BCUT2D eigenvalue weighted by atomic mass is 10.3. The van der Waals surface area contributed by atoms with Crippen molar-refractivity contribution < 1.29 is 4.79 Å². The lowest BCUT2D eigenvalue weighted by molar-refractivity contribution is 0.0942. The van der Waals surface area contributed by atoms with Gasteiger partial charge in [0.25, 0.3) is 5.91 Å². The Morgan fingerprint density at radius 3 is 3.00 bits per heavy atom. The van der Waals surface area contributed by atoms with E-state index < -0.39 is 0 Å². The third-order valence-corrected chi connectivity index (χ3v) is 4.18. The molecule has 4 nitrogen and oxygen atoms in total. The molecule has 2 rings (SSSR count). The first-order valence-corrected chi connectivity index (χ1v) is 7.82. The van der Waals surface area contributed by atoms with Gasteiger partial charge in [0, 0.05) is 22.1 Å². The zero-order valence-electron chi connectivity index (χ0n) is 10.9. The molecule has 0 fully saturated rings. The number of nitrogens with zero attached hydrogens (tertiary/aromatic N) is 2. The normalized spacial score (nSPS) is 10.7. The van der Waals surface area contributed by atoms with Gasteiger partial charge < -0.3 is 9.88 Å². The molecule has 6 heteroatoms. The van der Waals surface area contributed by atoms with Crippen LogP contribution in [0.4, 0.5) is 0 Å². The van der Waals surface area contributed by atoms with E-state index in [2.05, 4.69) is 33.2 Å². The molecule has 0 aliphatic carbocycles. The van der Waals surface area contributed by atoms with Crippen molar-refractivity contribution in [3.8, 4) is 0 Å². The molecule has 0 saturated carbocycles. The van der Waals surface area contributed by atoms with E-state index in [4.69, 9.17) is 0 Å². The van der Waals surface area contributed by atoms with Gasteiger partial charge >= 0.3 is 0 Å². The van der Waals surface area contributed by atoms with Crippen LogP contribution in [0.15, 0.2) is 22.2 Å². The van der Waals surface area contributed by atoms with Crippen LogP contribution >= 0.6 is 27.3 Å². The summed E-state index contributed by atoms with van der Waals surface area (Å²) in [5.41, 5.74) is 3.47. The zero-order chi connectivity index (χ0) is 13.8. The highest BCUT2D eigenvalue weighted by atomic mass is 79.9. The maximum Gasteiger partial charge on any atom is 0.268 e. The predicted molar refractivity (Wildman–Crippen MR) is 80.4 cm³/mol. The summed E-state index contributed by atoms with van der Waals surface area (Å²) >= 11 is 4.98. The number of hydrogen-bond donors (Lipinski definition) is 1. The molecule has 2 aromatic rings. The van der Waals surface area contributed by atoms with E-state index in [1.54, 1.807) is 16.8 Å². The molecule has 2 aromatic heterocycles. The number of nitrogens with one attached hydrogen (secondary N) is 1. The molecule has 0 saturated heterocycles. The Labute approximate surface area is 125 Å². The molecular formula is C13H16BrN3OS. The highest BCUT2D eigenvalue weighted by Gasteiger charge is 2.13. The van der Waals surface area contributed by atoms with Crippen LogP contribution in [0.25, 0.3) is 0 Å². The van der Waals surface area contributed by atoms with Crippen molar-refractivity contribution in [2.45, 2.75) is 33.4 Å². The van der Waals surface area contributed by atoms with Crippen molar-refractivity contribution >= 4 is 33.2 Å². The number of thiazole rings is 1. The SMILES string of the molecule is CCCn1cc(Br)cc1C(=O)NCc1scnc1C. The Bertz CT molecular complexity index is 576. The summed E-state index contributed by atoms with van der Waals surface area (Å²) in [6.07, 6.45) is 2.94. The van der Waals surface area contributed by atoms with E-state index >= 15 is 0 Å². The molecule has 0 unspecified atom stereocenters. The van der Waals surface area contributed by atoms with E-state index in [0.717, 1.165) is 28.0 Å². The van der Waals surface area contributed by atoms with Crippen LogP contribution in [-0.4, -0.2) is 15.5 Å². The maximum atomic E-state index is 12.2. The van der Waals surface area contributed by atoms with Crippen molar-refractivity contribution in [2.75, 3.05) is 0 Å². The second kappa shape index (κ2) is 6.34. The van der Waals surface area contributed by atoms with Crippen molar-refractivity contribution in [1.29, 1.82) is 0 Å². The molecular weight excluding hydrogens is 326 g/mol. The molecule has 0 aliphatic heterocycles. The third-order valence-electron chi connectivity index (χ3n) is 2.81. The number of halogens is 1. The first-order valence-electron chi connectivity index (χ1n) is 6.14. The molecule has 2 heterocycles. The maximum absolute atomic E-state index is 12.2. The van der Waals surface area contributed by atoms with Gasteiger partial charge in [0.2, 0.25) is 0 Å². The number of aromatic nitrogens is 2. The fourth-order valence-electron chi connectivity index (χ4n) is 1.84. The van der Waals surface area contributed by atoms with Crippen LogP contribution in [0, 0.1) is 6.92 Å². The monoisotopic (exact) mass is 341 g/mol. The van der Waals surface area contributed by atoms with E-state index in [9.17, 15) is 4.79 Å². The van der Waals surface area contributed by atoms with Crippen molar-refractivity contribution in [1.82, 2.24) is 14.9 Å². The number of aryl methyl sites for hydroxylation is 2. The fraction of sp³-hybridized carbons (Fsp3) is 0.385. The van der Waals surface area contributed by atoms with E-state index in [0.29, 0.717) is 12.2 Å². The van der Waals surface area contributed by atoms with Crippen molar-refractivity contribution in [3.05, 3.63) is 38.5 Å². The Morgan fingerprint density at radius 1 is 1.58 bits per heavy atom. The minimum Gasteiger partial charge on any atom is -0.346 e. The van der Waals surface area contributed by atoms with Gasteiger partial charge in [0.05, 0.1) is 17.7 Å². The smallest absolute Gasteiger partial charge is 0.268 e. The second-order valence-electron chi connectivity index (χ2n) is 4.28. The van der Waals surface area contributed by atoms with E-state index in [-0.39, 0.29) is 5.91 Å². The number of carbonyl (C=O) groups excluding carboxylic acids is 1. The summed E-state index contributed by atoms with van der Waals surface area (Å²) in [5.74, 6) is -0.0491. The molecule has 0 bridgehead atoms. The Hall–Kier alpha value is -1.14. The number of amides is 1. The van der Waals surface area contributed by atoms with Crippen molar-refractivity contribution in [2.24, 2.45) is 0 Å². The fourth-order valence-corrected chi connectivity index (χ4v) is 3.02. The van der Waals surface area contributed by atoms with E-state index in [1.165, 1.54) is 0 Å². The molecule has 102 valence electrons. The molecule has 19 heavy (non-hydrogen) atoms. The van der Waals surface area contributed by atoms with Crippen molar-refractivity contribution in [3.63, 3.8) is 0 Å². The standard InChI is InChI=1S/C13H16BrN3OS/c1-3-4-17-7-10(14)5-11(17)13(18)15-6-12-9(2)16-8-19-12/h5,7-8H,3-4,6H2,1-2H3,(H,15,18). The van der Waals surface area contributed by atoms with Gasteiger partial charge in [-0.3, -0.25) is 4.79 Å². The van der Waals surface area contributed by atoms with Crippen LogP contribution in [0.3, 0.4) is 0 Å². The number of hydrogen-bond acceptors (Lipinski definition) is 3. The third kappa shape index (κ3) is 3.45. The van der Waals surface area contributed by atoms with Crippen LogP contribution in [0.1, 0.15) is 34.4 Å². The highest BCUT2D eigenvalue weighted by molar-refractivity contribution is 9.10. The lowest BCUT2D eigenvalue weighted by Crippen LogP contribution is -2.25. The quantitative estimate of drug-likeness (QED) is 0.906. The summed E-state index contributed by atoms with van der Waals surface area (Å²) < 4.78 is 2.90. The summed E-state index contributed by atoms with van der Waals surface area (Å²) in [5, 5.41) is 2.94. The van der Waals surface area contributed by atoms with Gasteiger partial charge in [-0.05, 0) is 35.3 Å². The second-order valence-corrected chi connectivity index (χ2v) is 6.14. The predicted octanol–water partition coefficient (Wildman–Crippen LogP) is 3.36. The first-order chi connectivity index (χ1) is 9.11. The first kappa shape index (κ1) is 14.3. The number of carbonyl (C=O) groups is 1. The van der Waals surface area contributed by atoms with E-state index in [1.807, 2.05) is 23.8 Å². The average molecular weight is 342 g/mol. The van der Waals surface area contributed by atoms with Gasteiger partial charge in [-0.15, -0.1) is 11.3 Å². The Morgan fingerprint density at radius 2 is 2.37 bits per heavy atom. The van der Waals surface area contributed by atoms with Gasteiger partial charge in [0.15, 0.2) is 0 Å². The van der Waals surface area contributed by atoms with Crippen LogP contribution in [-0.2, 0) is 13.1 Å². The lowest BCUT2D eigenvalue weighted by Gasteiger charge is -2.08. The topological polar surface area (TPSA) is 46.9 Å². The zero-order valence-corrected chi connectivity index (χ0v) is 13.3. The molecule has 0 atom stereocenters. The molecule has 0 aliphatic rings. The highest BCUT2D eigenvalue weighted by Crippen LogP contribution is 2.16. The Kier molecular flexibility index (Phi) is 4.76. The molecule has 0 radical (unpaired) electrons. The number of rotatable bonds is 5. The minimum absolute atomic E-state index is 0.0491. The van der Waals surface area contributed by atoms with Gasteiger partial charge in [-0.1, -0.05) is 6.92 Å². The minimum atomic E-state index is -0.0491. The molecule has 1 N–H and O–H groups in total. The van der Waals surface area contributed by atoms with Crippen LogP contribution < -0.4 is 5.32 Å². The van der Waals surface area contributed by atoms with Crippen LogP contribution in [0.2, 0.25) is 0 Å². The Balaban J connectivity index is 2.05. The van der Waals surface area contributed by atoms with Crippen LogP contribution in [0.5, 0.6) is 0 Å². The average Bonchev–Trinajstić information content (AvgIpc) is 2.93. The molecule has 0 aromatic carbocycles. The van der Waals surface area contributed by atoms with Gasteiger partial charge in [-0.2, -0.15) is 0 Å². The summed E-state index contributed by atoms with van der Waals surface area (Å²) in [7, 11) is 0. The summed E-state index contributed by atoms with van der Waals surface area (Å²) in [6, 6.07) is 1.85. The van der Waals surface area contributed by atoms with Gasteiger partial charge in [-0.25, -0.2) is 4.98 Å². The largest absolute Gasteiger partial charge is 0.346 e. The summed E-state index contributed by atoms with van der Waals surface area (Å²) in [4.78, 5) is 17.5.